The van der Waals surface area contributed by atoms with Gasteiger partial charge in [0.05, 0.1) is 21.9 Å². The molecule has 0 aliphatic carbocycles. The van der Waals surface area contributed by atoms with Crippen molar-refractivity contribution < 1.29 is 14.3 Å². The monoisotopic (exact) mass is 378 g/mol. The minimum absolute atomic E-state index is 0.138. The second-order valence-electron chi connectivity index (χ2n) is 4.77. The van der Waals surface area contributed by atoms with Crippen molar-refractivity contribution in [1.29, 1.82) is 0 Å². The lowest BCUT2D eigenvalue weighted by molar-refractivity contribution is -0.144. The zero-order valence-electron chi connectivity index (χ0n) is 12.6. The number of nitrogens with zero attached hydrogens (tertiary/aromatic N) is 1. The van der Waals surface area contributed by atoms with E-state index < -0.39 is 0 Å². The van der Waals surface area contributed by atoms with Crippen LogP contribution < -0.4 is 5.32 Å². The van der Waals surface area contributed by atoms with E-state index >= 15 is 0 Å². The van der Waals surface area contributed by atoms with Gasteiger partial charge in [-0.25, -0.2) is 4.98 Å². The second-order valence-corrected chi connectivity index (χ2v) is 7.52. The highest BCUT2D eigenvalue weighted by molar-refractivity contribution is 7.20. The van der Waals surface area contributed by atoms with Gasteiger partial charge >= 0.3 is 5.97 Å². The average molecular weight is 379 g/mol. The van der Waals surface area contributed by atoms with Gasteiger partial charge in [0.15, 0.2) is 0 Å². The number of hydrogen-bond acceptors (Lipinski definition) is 7. The quantitative estimate of drug-likeness (QED) is 0.635. The second kappa shape index (κ2) is 8.18. The molecule has 8 heteroatoms. The van der Waals surface area contributed by atoms with Crippen molar-refractivity contribution in [2.24, 2.45) is 0 Å². The lowest BCUT2D eigenvalue weighted by atomic mass is 10.4. The first kappa shape index (κ1) is 16.8. The van der Waals surface area contributed by atoms with Crippen molar-refractivity contribution in [3.05, 3.63) is 51.0 Å². The number of carbonyl (C=O) groups excluding carboxylic acids is 2. The van der Waals surface area contributed by atoms with Gasteiger partial charge in [-0.2, -0.15) is 0 Å². The minimum Gasteiger partial charge on any atom is -0.459 e. The van der Waals surface area contributed by atoms with Crippen LogP contribution in [-0.4, -0.2) is 23.4 Å². The van der Waals surface area contributed by atoms with Gasteiger partial charge in [-0.05, 0) is 22.9 Å². The topological polar surface area (TPSA) is 68.3 Å². The van der Waals surface area contributed by atoms with E-state index in [1.54, 1.807) is 17.4 Å². The summed E-state index contributed by atoms with van der Waals surface area (Å²) in [6, 6.07) is 7.54. The van der Waals surface area contributed by atoms with Crippen molar-refractivity contribution in [3.63, 3.8) is 0 Å². The number of rotatable bonds is 7. The summed E-state index contributed by atoms with van der Waals surface area (Å²) in [5, 5.41) is 9.35. The Labute approximate surface area is 150 Å². The van der Waals surface area contributed by atoms with Crippen LogP contribution in [0.15, 0.2) is 40.4 Å². The SMILES string of the molecule is O=C(CCNC(=O)c1cccs1)OCc1csc(-c2cccs2)n1. The summed E-state index contributed by atoms with van der Waals surface area (Å²) in [5.41, 5.74) is 0.736. The summed E-state index contributed by atoms with van der Waals surface area (Å²) >= 11 is 4.52. The highest BCUT2D eigenvalue weighted by atomic mass is 32.1. The number of ether oxygens (including phenoxy) is 1. The minimum atomic E-state index is -0.354. The molecule has 3 rings (SSSR count). The fourth-order valence-electron chi connectivity index (χ4n) is 1.89. The maximum absolute atomic E-state index is 11.7. The predicted octanol–water partition coefficient (Wildman–Crippen LogP) is 3.80. The normalized spacial score (nSPS) is 10.5. The lowest BCUT2D eigenvalue weighted by Crippen LogP contribution is -2.25. The fraction of sp³-hybridized carbons (Fsp3) is 0.188. The van der Waals surface area contributed by atoms with Crippen LogP contribution in [0.4, 0.5) is 0 Å². The van der Waals surface area contributed by atoms with Gasteiger partial charge in [0.1, 0.15) is 11.6 Å². The fourth-order valence-corrected chi connectivity index (χ4v) is 4.14. The van der Waals surface area contributed by atoms with E-state index in [9.17, 15) is 9.59 Å². The van der Waals surface area contributed by atoms with Crippen LogP contribution >= 0.6 is 34.0 Å². The summed E-state index contributed by atoms with van der Waals surface area (Å²) in [6.07, 6.45) is 0.138. The van der Waals surface area contributed by atoms with Crippen molar-refractivity contribution in [3.8, 4) is 9.88 Å². The number of nitrogens with one attached hydrogen (secondary N) is 1. The third-order valence-corrected chi connectivity index (χ3v) is 5.82. The van der Waals surface area contributed by atoms with E-state index in [4.69, 9.17) is 4.74 Å². The van der Waals surface area contributed by atoms with E-state index in [0.29, 0.717) is 4.88 Å². The Balaban J connectivity index is 1.39. The van der Waals surface area contributed by atoms with Gasteiger partial charge in [0.2, 0.25) is 0 Å². The Hall–Kier alpha value is -2.03. The summed E-state index contributed by atoms with van der Waals surface area (Å²) < 4.78 is 5.19. The van der Waals surface area contributed by atoms with Gasteiger partial charge in [-0.3, -0.25) is 9.59 Å². The van der Waals surface area contributed by atoms with Crippen molar-refractivity contribution >= 4 is 45.9 Å². The molecule has 5 nitrogen and oxygen atoms in total. The highest BCUT2D eigenvalue weighted by Crippen LogP contribution is 2.27. The molecule has 0 radical (unpaired) electrons. The number of amides is 1. The lowest BCUT2D eigenvalue weighted by Gasteiger charge is -2.04. The Kier molecular flexibility index (Phi) is 5.73. The predicted molar refractivity (Wildman–Crippen MR) is 96.5 cm³/mol. The van der Waals surface area contributed by atoms with Gasteiger partial charge in [0.25, 0.3) is 5.91 Å². The van der Waals surface area contributed by atoms with Gasteiger partial charge in [-0.1, -0.05) is 12.1 Å². The van der Waals surface area contributed by atoms with E-state index in [0.717, 1.165) is 15.6 Å². The van der Waals surface area contributed by atoms with E-state index in [2.05, 4.69) is 10.3 Å². The Morgan fingerprint density at radius 2 is 1.96 bits per heavy atom. The average Bonchev–Trinajstić information content (AvgIpc) is 3.34. The zero-order chi connectivity index (χ0) is 16.8. The van der Waals surface area contributed by atoms with E-state index in [-0.39, 0.29) is 31.4 Å². The molecule has 0 fully saturated rings. The van der Waals surface area contributed by atoms with Crippen molar-refractivity contribution in [2.75, 3.05) is 6.54 Å². The molecule has 0 spiro atoms. The molecule has 0 unspecified atom stereocenters. The van der Waals surface area contributed by atoms with Crippen LogP contribution in [0.3, 0.4) is 0 Å². The number of thiophene rings is 2. The van der Waals surface area contributed by atoms with Crippen LogP contribution in [0, 0.1) is 0 Å². The molecular formula is C16H14N2O3S3. The summed E-state index contributed by atoms with van der Waals surface area (Å²) in [7, 11) is 0. The summed E-state index contributed by atoms with van der Waals surface area (Å²) in [5.74, 6) is -0.523. The summed E-state index contributed by atoms with van der Waals surface area (Å²) in [4.78, 5) is 29.6. The molecule has 1 amide bonds. The van der Waals surface area contributed by atoms with E-state index in [1.165, 1.54) is 22.7 Å². The maximum Gasteiger partial charge on any atom is 0.307 e. The maximum atomic E-state index is 11.7. The zero-order valence-corrected chi connectivity index (χ0v) is 15.0. The largest absolute Gasteiger partial charge is 0.459 e. The first-order valence-electron chi connectivity index (χ1n) is 7.18. The molecule has 3 aromatic heterocycles. The van der Waals surface area contributed by atoms with Crippen LogP contribution in [0.5, 0.6) is 0 Å². The van der Waals surface area contributed by atoms with Crippen molar-refractivity contribution in [2.45, 2.75) is 13.0 Å². The number of aromatic nitrogens is 1. The Morgan fingerprint density at radius 3 is 2.71 bits per heavy atom. The molecular weight excluding hydrogens is 364 g/mol. The third kappa shape index (κ3) is 4.50. The van der Waals surface area contributed by atoms with Crippen LogP contribution in [0.25, 0.3) is 9.88 Å². The first-order valence-corrected chi connectivity index (χ1v) is 9.82. The van der Waals surface area contributed by atoms with E-state index in [1.807, 2.05) is 34.3 Å². The molecule has 0 saturated heterocycles. The molecule has 3 aromatic rings. The Bertz CT molecular complexity index is 795. The molecule has 124 valence electrons. The third-order valence-electron chi connectivity index (χ3n) is 3.02. The smallest absolute Gasteiger partial charge is 0.307 e. The molecule has 0 aliphatic heterocycles. The van der Waals surface area contributed by atoms with Crippen molar-refractivity contribution in [1.82, 2.24) is 10.3 Å². The molecule has 0 aliphatic rings. The first-order chi connectivity index (χ1) is 11.7. The van der Waals surface area contributed by atoms with Crippen LogP contribution in [0.2, 0.25) is 0 Å². The highest BCUT2D eigenvalue weighted by Gasteiger charge is 2.10. The number of hydrogen-bond donors (Lipinski definition) is 1. The molecule has 0 atom stereocenters. The summed E-state index contributed by atoms with van der Waals surface area (Å²) in [6.45, 7) is 0.409. The Morgan fingerprint density at radius 1 is 1.12 bits per heavy atom. The van der Waals surface area contributed by atoms with Gasteiger partial charge in [-0.15, -0.1) is 34.0 Å². The molecule has 3 heterocycles. The molecule has 0 bridgehead atoms. The molecule has 1 N–H and O–H groups in total. The standard InChI is InChI=1S/C16H14N2O3S3/c19-14(5-6-17-15(20)12-3-1-7-22-12)21-9-11-10-24-16(18-11)13-4-2-8-23-13/h1-4,7-8,10H,5-6,9H2,(H,17,20). The molecule has 0 saturated carbocycles. The number of esters is 1. The number of thiazole rings is 1. The number of carbonyl (C=O) groups is 2. The van der Waals surface area contributed by atoms with Crippen LogP contribution in [0.1, 0.15) is 21.8 Å². The molecule has 24 heavy (non-hydrogen) atoms. The van der Waals surface area contributed by atoms with Crippen LogP contribution in [-0.2, 0) is 16.1 Å². The van der Waals surface area contributed by atoms with Gasteiger partial charge in [0, 0.05) is 11.9 Å². The van der Waals surface area contributed by atoms with Gasteiger partial charge < -0.3 is 10.1 Å². The molecule has 0 aromatic carbocycles.